The minimum Gasteiger partial charge on any atom is -0.756 e. The molecule has 0 radical (unpaired) electrons. The third-order valence-corrected chi connectivity index (χ3v) is 14.3. The zero-order valence-electron chi connectivity index (χ0n) is 49.5. The molecule has 0 saturated heterocycles. The van der Waals surface area contributed by atoms with Gasteiger partial charge in [0.25, 0.3) is 7.82 Å². The molecule has 0 aromatic rings. The van der Waals surface area contributed by atoms with Crippen molar-refractivity contribution in [3.8, 4) is 0 Å². The molecule has 75 heavy (non-hydrogen) atoms. The van der Waals surface area contributed by atoms with Gasteiger partial charge in [0.05, 0.1) is 33.8 Å². The smallest absolute Gasteiger partial charge is 0.306 e. The average Bonchev–Trinajstić information content (AvgIpc) is 3.37. The van der Waals surface area contributed by atoms with E-state index < -0.39 is 26.6 Å². The third-order valence-electron chi connectivity index (χ3n) is 13.3. The van der Waals surface area contributed by atoms with Crippen LogP contribution in [0.3, 0.4) is 0 Å². The van der Waals surface area contributed by atoms with Gasteiger partial charge < -0.3 is 28.5 Å². The molecule has 0 aliphatic heterocycles. The zero-order valence-corrected chi connectivity index (χ0v) is 50.4. The van der Waals surface area contributed by atoms with E-state index in [0.717, 1.165) is 83.5 Å². The molecule has 0 fully saturated rings. The first-order chi connectivity index (χ1) is 36.4. The maximum atomic E-state index is 13.5. The number of quaternary nitrogens is 1. The summed E-state index contributed by atoms with van der Waals surface area (Å²) in [5.74, 6) is -0.611. The second-order valence-electron chi connectivity index (χ2n) is 21.8. The van der Waals surface area contributed by atoms with Gasteiger partial charge in [0, 0.05) is 12.8 Å². The Kier molecular flexibility index (Phi) is 52.5. The number of hydrogen-bond donors (Lipinski definition) is 1. The first kappa shape index (κ1) is 72.2. The number of rotatable bonds is 55. The van der Waals surface area contributed by atoms with Crippen LogP contribution in [0.4, 0.5) is 0 Å². The molecule has 0 spiro atoms. The number of nitrogens with zero attached hydrogens (tertiary/aromatic N) is 1. The SMILES string of the molecule is CCCCC/C=C\C/C=C\C/C=C\C/C=C\CCCC(=O)NC(COP(=O)([O-])OCC[N+](C)(C)C)C(/C=C/CCCCCCCCCCCCC)OC(=O)CCCCCCCCCCC/C=C\C/C=C\CCCCC. The van der Waals surface area contributed by atoms with Crippen LogP contribution in [0, 0.1) is 0 Å². The highest BCUT2D eigenvalue weighted by molar-refractivity contribution is 7.45. The fraction of sp³-hybridized carbons (Fsp3) is 0.754. The zero-order chi connectivity index (χ0) is 55.0. The first-order valence-corrected chi connectivity index (χ1v) is 32.4. The summed E-state index contributed by atoms with van der Waals surface area (Å²) in [6.45, 7) is 6.75. The van der Waals surface area contributed by atoms with Crippen molar-refractivity contribution >= 4 is 19.7 Å². The van der Waals surface area contributed by atoms with Crippen molar-refractivity contribution in [2.45, 2.75) is 277 Å². The second-order valence-corrected chi connectivity index (χ2v) is 23.3. The molecule has 1 amide bonds. The molecule has 0 aromatic heterocycles. The topological polar surface area (TPSA) is 114 Å². The summed E-state index contributed by atoms with van der Waals surface area (Å²) < 4.78 is 30.3. The van der Waals surface area contributed by atoms with Gasteiger partial charge in [-0.15, -0.1) is 0 Å². The predicted molar refractivity (Wildman–Crippen MR) is 321 cm³/mol. The van der Waals surface area contributed by atoms with E-state index in [1.807, 2.05) is 33.3 Å². The van der Waals surface area contributed by atoms with E-state index in [2.05, 4.69) is 99.0 Å². The highest BCUT2D eigenvalue weighted by Gasteiger charge is 2.27. The van der Waals surface area contributed by atoms with Gasteiger partial charge in [-0.25, -0.2) is 0 Å². The van der Waals surface area contributed by atoms with Crippen molar-refractivity contribution in [1.82, 2.24) is 5.32 Å². The number of carbonyl (C=O) groups is 2. The lowest BCUT2D eigenvalue weighted by molar-refractivity contribution is -0.870. The molecule has 10 heteroatoms. The number of likely N-dealkylation sites (N-methyl/N-ethyl adjacent to an activating group) is 1. The van der Waals surface area contributed by atoms with Crippen LogP contribution in [0.15, 0.2) is 85.1 Å². The number of nitrogens with one attached hydrogen (secondary N) is 1. The van der Waals surface area contributed by atoms with Gasteiger partial charge in [-0.3, -0.25) is 14.2 Å². The van der Waals surface area contributed by atoms with Gasteiger partial charge in [0.2, 0.25) is 5.91 Å². The molecule has 434 valence electrons. The molecule has 0 saturated carbocycles. The second kappa shape index (κ2) is 54.5. The van der Waals surface area contributed by atoms with E-state index in [9.17, 15) is 19.0 Å². The molecule has 3 atom stereocenters. The molecular formula is C65H117N2O7P. The minimum absolute atomic E-state index is 0.0361. The number of esters is 1. The van der Waals surface area contributed by atoms with Crippen molar-refractivity contribution in [2.75, 3.05) is 40.9 Å². The van der Waals surface area contributed by atoms with Gasteiger partial charge in [-0.1, -0.05) is 235 Å². The number of carbonyl (C=O) groups excluding carboxylic acids is 2. The van der Waals surface area contributed by atoms with Gasteiger partial charge in [0.1, 0.15) is 19.3 Å². The molecule has 0 bridgehead atoms. The molecule has 0 aromatic carbocycles. The number of amides is 1. The summed E-state index contributed by atoms with van der Waals surface area (Å²) in [5.41, 5.74) is 0. The Hall–Kier alpha value is -2.81. The molecule has 9 nitrogen and oxygen atoms in total. The van der Waals surface area contributed by atoms with E-state index in [4.69, 9.17) is 13.8 Å². The molecule has 0 rings (SSSR count). The van der Waals surface area contributed by atoms with Gasteiger partial charge in [-0.2, -0.15) is 0 Å². The third kappa shape index (κ3) is 55.7. The van der Waals surface area contributed by atoms with Crippen LogP contribution in [0.1, 0.15) is 265 Å². The van der Waals surface area contributed by atoms with Gasteiger partial charge in [0.15, 0.2) is 0 Å². The predicted octanol–water partition coefficient (Wildman–Crippen LogP) is 18.4. The lowest BCUT2D eigenvalue weighted by atomic mass is 10.0. The van der Waals surface area contributed by atoms with Crippen LogP contribution in [0.25, 0.3) is 0 Å². The van der Waals surface area contributed by atoms with Crippen molar-refractivity contribution in [3.05, 3.63) is 85.1 Å². The monoisotopic (exact) mass is 1070 g/mol. The Morgan fingerprint density at radius 2 is 0.827 bits per heavy atom. The molecular weight excluding hydrogens is 952 g/mol. The van der Waals surface area contributed by atoms with Gasteiger partial charge >= 0.3 is 5.97 Å². The van der Waals surface area contributed by atoms with E-state index in [-0.39, 0.29) is 31.3 Å². The van der Waals surface area contributed by atoms with Crippen molar-refractivity contribution in [1.29, 1.82) is 0 Å². The van der Waals surface area contributed by atoms with Crippen LogP contribution in [0.2, 0.25) is 0 Å². The standard InChI is InChI=1S/C65H117N2O7P/c1-7-10-13-16-19-22-25-28-30-32-33-35-37-40-43-46-49-52-55-58-65(69)74-63(56-53-50-47-44-41-38-27-24-21-18-15-12-9-3)62(61-73-75(70,71)72-60-59-67(4,5)6)66-64(68)57-54-51-48-45-42-39-36-34-31-29-26-23-20-17-14-11-8-2/h19-20,22-23,28-31,36,39,45,48,53,56,62-63H,7-18,21,24-27,32-35,37-38,40-44,46-47,49-52,54-55,57-61H2,1-6H3,(H-,66,68,70,71)/b22-19-,23-20-,30-28-,31-29-,39-36-,48-45-,56-53+. The minimum atomic E-state index is -4.72. The lowest BCUT2D eigenvalue weighted by Gasteiger charge is -2.30. The van der Waals surface area contributed by atoms with E-state index in [1.54, 1.807) is 0 Å². The van der Waals surface area contributed by atoms with Crippen molar-refractivity contribution < 1.29 is 37.3 Å². The number of allylic oxidation sites excluding steroid dienone is 13. The van der Waals surface area contributed by atoms with E-state index in [0.29, 0.717) is 17.4 Å². The number of phosphoric acid groups is 1. The van der Waals surface area contributed by atoms with Crippen LogP contribution >= 0.6 is 7.82 Å². The first-order valence-electron chi connectivity index (χ1n) is 30.9. The molecule has 0 aliphatic carbocycles. The molecule has 0 aliphatic rings. The Labute approximate surface area is 463 Å². The number of hydrogen-bond acceptors (Lipinski definition) is 7. The van der Waals surface area contributed by atoms with Crippen LogP contribution in [-0.4, -0.2) is 69.4 Å². The van der Waals surface area contributed by atoms with Crippen molar-refractivity contribution in [2.24, 2.45) is 0 Å². The summed E-state index contributed by atoms with van der Waals surface area (Å²) in [6.07, 6.45) is 71.2. The average molecular weight is 1070 g/mol. The fourth-order valence-electron chi connectivity index (χ4n) is 8.49. The van der Waals surface area contributed by atoms with Crippen LogP contribution in [0.5, 0.6) is 0 Å². The summed E-state index contributed by atoms with van der Waals surface area (Å²) in [5, 5.41) is 2.99. The highest BCUT2D eigenvalue weighted by Crippen LogP contribution is 2.38. The van der Waals surface area contributed by atoms with E-state index >= 15 is 0 Å². The van der Waals surface area contributed by atoms with E-state index in [1.165, 1.54) is 141 Å². The Balaban J connectivity index is 5.39. The maximum absolute atomic E-state index is 13.5. The molecule has 0 heterocycles. The van der Waals surface area contributed by atoms with Gasteiger partial charge in [-0.05, 0) is 102 Å². The fourth-order valence-corrected chi connectivity index (χ4v) is 9.21. The lowest BCUT2D eigenvalue weighted by Crippen LogP contribution is -2.47. The Bertz CT molecular complexity index is 1560. The molecule has 3 unspecified atom stereocenters. The summed E-state index contributed by atoms with van der Waals surface area (Å²) >= 11 is 0. The highest BCUT2D eigenvalue weighted by atomic mass is 31.2. The quantitative estimate of drug-likeness (QED) is 0.0212. The molecule has 1 N–H and O–H groups in total. The Morgan fingerprint density at radius 3 is 1.27 bits per heavy atom. The summed E-state index contributed by atoms with van der Waals surface area (Å²) in [7, 11) is 1.14. The van der Waals surface area contributed by atoms with Crippen LogP contribution < -0.4 is 10.2 Å². The largest absolute Gasteiger partial charge is 0.756 e. The van der Waals surface area contributed by atoms with Crippen molar-refractivity contribution in [3.63, 3.8) is 0 Å². The number of unbranched alkanes of at least 4 members (excludes halogenated alkanes) is 27. The summed E-state index contributed by atoms with van der Waals surface area (Å²) in [4.78, 5) is 40.0. The number of phosphoric ester groups is 1. The maximum Gasteiger partial charge on any atom is 0.306 e. The normalized spacial score (nSPS) is 14.3. The summed E-state index contributed by atoms with van der Waals surface area (Å²) in [6, 6.07) is -0.922. The number of ether oxygens (including phenoxy) is 1. The van der Waals surface area contributed by atoms with Crippen LogP contribution in [-0.2, 0) is 27.9 Å². The Morgan fingerprint density at radius 1 is 0.467 bits per heavy atom.